The van der Waals surface area contributed by atoms with Crippen LogP contribution in [0.15, 0.2) is 48.5 Å². The Morgan fingerprint density at radius 3 is 2.44 bits per heavy atom. The monoisotopic (exact) mass is 477 g/mol. The molecule has 0 aromatic heterocycles. The summed E-state index contributed by atoms with van der Waals surface area (Å²) in [4.78, 5) is 37.7. The van der Waals surface area contributed by atoms with Crippen molar-refractivity contribution >= 4 is 40.9 Å². The van der Waals surface area contributed by atoms with Gasteiger partial charge in [-0.2, -0.15) is 0 Å². The second kappa shape index (κ2) is 12.5. The molecule has 0 radical (unpaired) electrons. The second-order valence-electron chi connectivity index (χ2n) is 7.56. The lowest BCUT2D eigenvalue weighted by atomic mass is 10.1. The van der Waals surface area contributed by atoms with Crippen molar-refractivity contribution in [2.45, 2.75) is 51.6 Å². The van der Waals surface area contributed by atoms with Crippen molar-refractivity contribution in [2.75, 3.05) is 5.75 Å². The number of non-ortho nitro benzene ring substituents is 1. The lowest BCUT2D eigenvalue weighted by molar-refractivity contribution is -0.384. The first-order valence-corrected chi connectivity index (χ1v) is 11.9. The Labute approximate surface area is 197 Å². The summed E-state index contributed by atoms with van der Waals surface area (Å²) in [7, 11) is 0. The Kier molecular flexibility index (Phi) is 9.99. The number of nitro benzene ring substituents is 1. The molecule has 0 spiro atoms. The van der Waals surface area contributed by atoms with Crippen molar-refractivity contribution in [3.05, 3.63) is 74.8 Å². The zero-order valence-electron chi connectivity index (χ0n) is 18.4. The molecule has 172 valence electrons. The molecule has 9 heteroatoms. The summed E-state index contributed by atoms with van der Waals surface area (Å²) in [5.74, 6) is 0.347. The van der Waals surface area contributed by atoms with E-state index in [2.05, 4.69) is 5.32 Å². The quantitative estimate of drug-likeness (QED) is 0.370. The molecular weight excluding hydrogens is 450 g/mol. The number of halogens is 1. The van der Waals surface area contributed by atoms with Crippen molar-refractivity contribution in [2.24, 2.45) is 0 Å². The van der Waals surface area contributed by atoms with Crippen LogP contribution in [0.4, 0.5) is 5.69 Å². The van der Waals surface area contributed by atoms with E-state index < -0.39 is 11.0 Å². The third-order valence-corrected chi connectivity index (χ3v) is 6.28. The maximum Gasteiger partial charge on any atom is 0.269 e. The van der Waals surface area contributed by atoms with Crippen molar-refractivity contribution in [1.29, 1.82) is 0 Å². The van der Waals surface area contributed by atoms with Gasteiger partial charge in [-0.15, -0.1) is 11.8 Å². The number of hydrogen-bond donors (Lipinski definition) is 1. The number of amides is 2. The summed E-state index contributed by atoms with van der Waals surface area (Å²) in [5.41, 5.74) is 1.76. The van der Waals surface area contributed by atoms with Crippen molar-refractivity contribution in [1.82, 2.24) is 10.2 Å². The molecule has 0 aliphatic heterocycles. The fourth-order valence-electron chi connectivity index (χ4n) is 2.93. The Morgan fingerprint density at radius 2 is 1.84 bits per heavy atom. The van der Waals surface area contributed by atoms with Crippen LogP contribution in [0.5, 0.6) is 0 Å². The summed E-state index contributed by atoms with van der Waals surface area (Å²) in [6, 6.07) is 12.9. The molecule has 2 aromatic carbocycles. The van der Waals surface area contributed by atoms with Crippen LogP contribution >= 0.6 is 23.4 Å². The zero-order chi connectivity index (χ0) is 23.7. The van der Waals surface area contributed by atoms with Gasteiger partial charge < -0.3 is 10.2 Å². The number of nitrogens with one attached hydrogen (secondary N) is 1. The summed E-state index contributed by atoms with van der Waals surface area (Å²) < 4.78 is 0. The van der Waals surface area contributed by atoms with Gasteiger partial charge in [0.05, 0.1) is 10.7 Å². The first-order valence-electron chi connectivity index (χ1n) is 10.4. The molecule has 0 aliphatic rings. The van der Waals surface area contributed by atoms with E-state index in [1.807, 2.05) is 26.0 Å². The van der Waals surface area contributed by atoms with Crippen LogP contribution in [0.2, 0.25) is 5.02 Å². The third-order valence-electron chi connectivity index (χ3n) is 5.05. The SMILES string of the molecule is CCC(C)NC(=O)C(C)N(Cc1cccc(Cl)c1)C(=O)CSCc1ccc([N+](=O)[O-])cc1. The van der Waals surface area contributed by atoms with Gasteiger partial charge >= 0.3 is 0 Å². The van der Waals surface area contributed by atoms with Gasteiger partial charge in [0.25, 0.3) is 5.69 Å². The van der Waals surface area contributed by atoms with E-state index in [1.165, 1.54) is 23.9 Å². The Hall–Kier alpha value is -2.58. The molecule has 2 amide bonds. The minimum Gasteiger partial charge on any atom is -0.352 e. The highest BCUT2D eigenvalue weighted by Gasteiger charge is 2.26. The highest BCUT2D eigenvalue weighted by molar-refractivity contribution is 7.99. The topological polar surface area (TPSA) is 92.6 Å². The van der Waals surface area contributed by atoms with Crippen LogP contribution in [0.25, 0.3) is 0 Å². The van der Waals surface area contributed by atoms with Crippen LogP contribution in [0.1, 0.15) is 38.3 Å². The molecule has 0 bridgehead atoms. The summed E-state index contributed by atoms with van der Waals surface area (Å²) >= 11 is 7.49. The standard InChI is InChI=1S/C23H28ClN3O4S/c1-4-16(2)25-23(29)17(3)26(13-19-6-5-7-20(24)12-19)22(28)15-32-14-18-8-10-21(11-9-18)27(30)31/h5-12,16-17H,4,13-15H2,1-3H3,(H,25,29). The van der Waals surface area contributed by atoms with Gasteiger partial charge in [0.2, 0.25) is 11.8 Å². The van der Waals surface area contributed by atoms with Gasteiger partial charge in [-0.1, -0.05) is 42.8 Å². The first kappa shape index (κ1) is 25.7. The molecule has 7 nitrogen and oxygen atoms in total. The average Bonchev–Trinajstić information content (AvgIpc) is 2.77. The van der Waals surface area contributed by atoms with Crippen LogP contribution in [0.3, 0.4) is 0 Å². The Balaban J connectivity index is 2.06. The summed E-state index contributed by atoms with van der Waals surface area (Å²) in [6.45, 7) is 5.90. The molecule has 0 saturated carbocycles. The first-order chi connectivity index (χ1) is 15.2. The zero-order valence-corrected chi connectivity index (χ0v) is 20.0. The van der Waals surface area contributed by atoms with E-state index in [4.69, 9.17) is 11.6 Å². The fraction of sp³-hybridized carbons (Fsp3) is 0.391. The number of hydrogen-bond acceptors (Lipinski definition) is 5. The number of rotatable bonds is 11. The molecule has 2 atom stereocenters. The van der Waals surface area contributed by atoms with Crippen molar-refractivity contribution in [3.63, 3.8) is 0 Å². The van der Waals surface area contributed by atoms with E-state index in [0.717, 1.165) is 17.5 Å². The maximum absolute atomic E-state index is 13.1. The predicted molar refractivity (Wildman–Crippen MR) is 129 cm³/mol. The normalized spacial score (nSPS) is 12.6. The molecule has 0 heterocycles. The molecular formula is C23H28ClN3O4S. The molecule has 2 aromatic rings. The minimum atomic E-state index is -0.643. The van der Waals surface area contributed by atoms with Crippen molar-refractivity contribution in [3.8, 4) is 0 Å². The smallest absolute Gasteiger partial charge is 0.269 e. The number of thioether (sulfide) groups is 1. The third kappa shape index (κ3) is 7.84. The fourth-order valence-corrected chi connectivity index (χ4v) is 4.02. The molecule has 2 rings (SSSR count). The van der Waals surface area contributed by atoms with E-state index in [0.29, 0.717) is 10.8 Å². The molecule has 2 unspecified atom stereocenters. The lowest BCUT2D eigenvalue weighted by Gasteiger charge is -2.29. The number of benzene rings is 2. The van der Waals surface area contributed by atoms with Gasteiger partial charge in [-0.05, 0) is 43.5 Å². The highest BCUT2D eigenvalue weighted by atomic mass is 35.5. The van der Waals surface area contributed by atoms with Crippen LogP contribution in [-0.2, 0) is 21.9 Å². The molecule has 32 heavy (non-hydrogen) atoms. The van der Waals surface area contributed by atoms with E-state index in [9.17, 15) is 19.7 Å². The maximum atomic E-state index is 13.1. The minimum absolute atomic E-state index is 0.0181. The summed E-state index contributed by atoms with van der Waals surface area (Å²) in [6.07, 6.45) is 0.797. The summed E-state index contributed by atoms with van der Waals surface area (Å²) in [5, 5.41) is 14.3. The van der Waals surface area contributed by atoms with Gasteiger partial charge in [-0.25, -0.2) is 0 Å². The molecule has 0 aliphatic carbocycles. The van der Waals surface area contributed by atoms with Gasteiger partial charge in [0, 0.05) is 35.5 Å². The molecule has 1 N–H and O–H groups in total. The average molecular weight is 478 g/mol. The Morgan fingerprint density at radius 1 is 1.16 bits per heavy atom. The van der Waals surface area contributed by atoms with Crippen LogP contribution < -0.4 is 5.32 Å². The second-order valence-corrected chi connectivity index (χ2v) is 8.98. The van der Waals surface area contributed by atoms with Gasteiger partial charge in [-0.3, -0.25) is 19.7 Å². The van der Waals surface area contributed by atoms with Crippen molar-refractivity contribution < 1.29 is 14.5 Å². The number of nitro groups is 1. The molecule has 0 fully saturated rings. The number of carbonyl (C=O) groups excluding carboxylic acids is 2. The van der Waals surface area contributed by atoms with Crippen LogP contribution in [-0.4, -0.2) is 39.5 Å². The molecule has 0 saturated heterocycles. The van der Waals surface area contributed by atoms with Gasteiger partial charge in [0.1, 0.15) is 6.04 Å². The predicted octanol–water partition coefficient (Wildman–Crippen LogP) is 4.81. The Bertz CT molecular complexity index is 939. The lowest BCUT2D eigenvalue weighted by Crippen LogP contribution is -2.50. The number of nitrogens with zero attached hydrogens (tertiary/aromatic N) is 2. The highest BCUT2D eigenvalue weighted by Crippen LogP contribution is 2.19. The van der Waals surface area contributed by atoms with Crippen LogP contribution in [0, 0.1) is 10.1 Å². The van der Waals surface area contributed by atoms with E-state index in [-0.39, 0.29) is 35.8 Å². The number of carbonyl (C=O) groups is 2. The largest absolute Gasteiger partial charge is 0.352 e. The van der Waals surface area contributed by atoms with E-state index in [1.54, 1.807) is 36.1 Å². The van der Waals surface area contributed by atoms with Gasteiger partial charge in [0.15, 0.2) is 0 Å². The van der Waals surface area contributed by atoms with E-state index >= 15 is 0 Å².